The van der Waals surface area contributed by atoms with E-state index in [-0.39, 0.29) is 29.6 Å². The van der Waals surface area contributed by atoms with Crippen LogP contribution in [0.3, 0.4) is 0 Å². The van der Waals surface area contributed by atoms with Gasteiger partial charge in [-0.2, -0.15) is 0 Å². The average Bonchev–Trinajstić information content (AvgIpc) is 3.70. The second-order valence-corrected chi connectivity index (χ2v) is 12.8. The summed E-state index contributed by atoms with van der Waals surface area (Å²) in [7, 11) is 0. The van der Waals surface area contributed by atoms with Crippen LogP contribution < -0.4 is 10.6 Å². The quantitative estimate of drug-likeness (QED) is 0.206. The average molecular weight is 668 g/mol. The highest BCUT2D eigenvalue weighted by Crippen LogP contribution is 2.38. The van der Waals surface area contributed by atoms with E-state index in [0.717, 1.165) is 43.0 Å². The molecule has 4 atom stereocenters. The molecule has 2 saturated heterocycles. The second-order valence-electron chi connectivity index (χ2n) is 12.8. The molecule has 2 amide bonds. The number of nitrogens with zero attached hydrogens (tertiary/aromatic N) is 3. The number of hydrogen-bond donors (Lipinski definition) is 3. The Kier molecular flexibility index (Phi) is 12.5. The number of aliphatic hydroxyl groups excluding tert-OH is 1. The molecule has 3 N–H and O–H groups in total. The van der Waals surface area contributed by atoms with Crippen molar-refractivity contribution in [2.75, 3.05) is 39.4 Å². The third kappa shape index (κ3) is 8.97. The number of benzene rings is 2. The molecule has 48 heavy (non-hydrogen) atoms. The summed E-state index contributed by atoms with van der Waals surface area (Å²) in [6.07, 6.45) is 3.53. The van der Waals surface area contributed by atoms with Crippen molar-refractivity contribution in [3.63, 3.8) is 0 Å². The third-order valence-electron chi connectivity index (χ3n) is 9.18. The number of halogens is 2. The van der Waals surface area contributed by atoms with Gasteiger partial charge in [0.05, 0.1) is 11.7 Å². The Morgan fingerprint density at radius 3 is 2.65 bits per heavy atom. The Hall–Kier alpha value is -3.87. The molecule has 260 valence electrons. The molecular weight excluding hydrogens is 620 g/mol. The highest BCUT2D eigenvalue weighted by molar-refractivity contribution is 5.80. The van der Waals surface area contributed by atoms with Crippen LogP contribution in [0, 0.1) is 23.5 Å². The Morgan fingerprint density at radius 2 is 1.92 bits per heavy atom. The van der Waals surface area contributed by atoms with Gasteiger partial charge in [-0.25, -0.2) is 18.6 Å². The van der Waals surface area contributed by atoms with E-state index >= 15 is 4.39 Å². The number of aromatic nitrogens is 2. The molecule has 0 radical (unpaired) electrons. The van der Waals surface area contributed by atoms with Gasteiger partial charge >= 0.3 is 6.09 Å². The van der Waals surface area contributed by atoms with E-state index in [9.17, 15) is 19.1 Å². The summed E-state index contributed by atoms with van der Waals surface area (Å²) in [5.74, 6) is -1.58. The SMILES string of the molecule is CCCCCNC(=O)OC1CNCC1CN(C(=O)C(C)O)C(c1nc(-c2cc(F)ccc2F)cn1Cc1ccccc1)C1CCOCC1. The molecule has 0 saturated carbocycles. The van der Waals surface area contributed by atoms with E-state index in [2.05, 4.69) is 17.6 Å². The van der Waals surface area contributed by atoms with Crippen LogP contribution in [0.25, 0.3) is 11.3 Å². The van der Waals surface area contributed by atoms with Gasteiger partial charge in [-0.1, -0.05) is 50.1 Å². The van der Waals surface area contributed by atoms with Crippen LogP contribution in [0.1, 0.15) is 63.4 Å². The molecule has 12 heteroatoms. The van der Waals surface area contributed by atoms with Crippen molar-refractivity contribution in [1.29, 1.82) is 0 Å². The summed E-state index contributed by atoms with van der Waals surface area (Å²) in [6, 6.07) is 12.3. The first-order valence-corrected chi connectivity index (χ1v) is 17.0. The molecular formula is C36H47F2N5O5. The molecule has 2 aliphatic heterocycles. The normalized spacial score (nSPS) is 19.5. The zero-order valence-electron chi connectivity index (χ0n) is 27.7. The topological polar surface area (TPSA) is 118 Å². The van der Waals surface area contributed by atoms with E-state index < -0.39 is 41.9 Å². The first kappa shape index (κ1) is 35.4. The van der Waals surface area contributed by atoms with Crippen LogP contribution >= 0.6 is 0 Å². The maximum atomic E-state index is 15.1. The van der Waals surface area contributed by atoms with Crippen molar-refractivity contribution in [2.24, 2.45) is 11.8 Å². The fraction of sp³-hybridized carbons (Fsp3) is 0.528. The number of ether oxygens (including phenoxy) is 2. The lowest BCUT2D eigenvalue weighted by Gasteiger charge is -2.40. The minimum atomic E-state index is -1.32. The number of amides is 2. The number of carbonyl (C=O) groups excluding carboxylic acids is 2. The first-order valence-electron chi connectivity index (χ1n) is 17.0. The number of alkyl carbamates (subject to hydrolysis) is 1. The van der Waals surface area contributed by atoms with Gasteiger partial charge in [0.15, 0.2) is 0 Å². The van der Waals surface area contributed by atoms with Gasteiger partial charge in [-0.05, 0) is 55.9 Å². The maximum Gasteiger partial charge on any atom is 0.407 e. The van der Waals surface area contributed by atoms with E-state index in [1.54, 1.807) is 11.1 Å². The third-order valence-corrected chi connectivity index (χ3v) is 9.18. The summed E-state index contributed by atoms with van der Waals surface area (Å²) in [6.45, 7) is 6.48. The minimum Gasteiger partial charge on any atom is -0.444 e. The zero-order valence-corrected chi connectivity index (χ0v) is 27.7. The van der Waals surface area contributed by atoms with Gasteiger partial charge in [-0.3, -0.25) is 4.79 Å². The first-order chi connectivity index (χ1) is 23.2. The van der Waals surface area contributed by atoms with E-state index in [1.807, 2.05) is 34.9 Å². The highest BCUT2D eigenvalue weighted by atomic mass is 19.1. The molecule has 1 aromatic heterocycles. The molecule has 0 aliphatic carbocycles. The summed E-state index contributed by atoms with van der Waals surface area (Å²) in [5, 5.41) is 16.8. The summed E-state index contributed by atoms with van der Waals surface area (Å²) < 4.78 is 42.9. The Morgan fingerprint density at radius 1 is 1.15 bits per heavy atom. The molecule has 4 unspecified atom stereocenters. The highest BCUT2D eigenvalue weighted by Gasteiger charge is 2.41. The molecule has 2 aromatic carbocycles. The smallest absolute Gasteiger partial charge is 0.407 e. The van der Waals surface area contributed by atoms with Crippen molar-refractivity contribution in [2.45, 2.75) is 70.7 Å². The van der Waals surface area contributed by atoms with E-state index in [4.69, 9.17) is 14.5 Å². The molecule has 3 aromatic rings. The monoisotopic (exact) mass is 667 g/mol. The van der Waals surface area contributed by atoms with Crippen molar-refractivity contribution in [3.8, 4) is 11.3 Å². The van der Waals surface area contributed by atoms with Gasteiger partial charge in [0.1, 0.15) is 29.7 Å². The minimum absolute atomic E-state index is 0.0144. The maximum absolute atomic E-state index is 15.1. The number of aliphatic hydroxyl groups is 1. The number of nitrogens with one attached hydrogen (secondary N) is 2. The molecule has 2 aliphatic rings. The summed E-state index contributed by atoms with van der Waals surface area (Å²) in [4.78, 5) is 33.3. The number of unbranched alkanes of at least 4 members (excludes halogenated alkanes) is 2. The van der Waals surface area contributed by atoms with Gasteiger partial charge in [0.25, 0.3) is 5.91 Å². The number of carbonyl (C=O) groups is 2. The van der Waals surface area contributed by atoms with Gasteiger partial charge < -0.3 is 34.7 Å². The molecule has 0 bridgehead atoms. The van der Waals surface area contributed by atoms with Crippen LogP contribution in [0.4, 0.5) is 13.6 Å². The number of hydrogen-bond acceptors (Lipinski definition) is 7. The predicted octanol–water partition coefficient (Wildman–Crippen LogP) is 5.06. The van der Waals surface area contributed by atoms with Crippen LogP contribution in [0.2, 0.25) is 0 Å². The summed E-state index contributed by atoms with van der Waals surface area (Å²) >= 11 is 0. The van der Waals surface area contributed by atoms with E-state index in [1.165, 1.54) is 6.92 Å². The Balaban J connectivity index is 1.54. The lowest BCUT2D eigenvalue weighted by atomic mass is 9.88. The van der Waals surface area contributed by atoms with Crippen LogP contribution in [-0.2, 0) is 20.8 Å². The largest absolute Gasteiger partial charge is 0.444 e. The number of imidazole rings is 1. The van der Waals surface area contributed by atoms with E-state index in [0.29, 0.717) is 58.1 Å². The fourth-order valence-electron chi connectivity index (χ4n) is 6.64. The van der Waals surface area contributed by atoms with Gasteiger partial charge in [0, 0.05) is 63.6 Å². The molecule has 3 heterocycles. The predicted molar refractivity (Wildman–Crippen MR) is 177 cm³/mol. The van der Waals surface area contributed by atoms with Crippen LogP contribution in [0.15, 0.2) is 54.7 Å². The van der Waals surface area contributed by atoms with Crippen molar-refractivity contribution in [1.82, 2.24) is 25.1 Å². The summed E-state index contributed by atoms with van der Waals surface area (Å²) in [5.41, 5.74) is 1.21. The molecule has 2 fully saturated rings. The molecule has 0 spiro atoms. The van der Waals surface area contributed by atoms with Crippen molar-refractivity contribution < 1.29 is 33.0 Å². The second kappa shape index (κ2) is 17.0. The fourth-order valence-corrected chi connectivity index (χ4v) is 6.64. The molecule has 10 nitrogen and oxygen atoms in total. The Bertz CT molecular complexity index is 1500. The lowest BCUT2D eigenvalue weighted by Crippen LogP contribution is -2.49. The van der Waals surface area contributed by atoms with Gasteiger partial charge in [0.2, 0.25) is 0 Å². The van der Waals surface area contributed by atoms with Gasteiger partial charge in [-0.15, -0.1) is 0 Å². The lowest BCUT2D eigenvalue weighted by molar-refractivity contribution is -0.145. The number of rotatable bonds is 14. The standard InChI is InChI=1S/C36H47F2N5O5/c1-3-4-8-15-40-36(46)48-32-20-39-19-27(32)22-43(35(45)24(2)44)33(26-13-16-47-17-14-26)34-41-31(29-18-28(37)11-12-30(29)38)23-42(34)21-25-9-6-5-7-10-25/h5-7,9-12,18,23-24,26-27,32-33,39,44H,3-4,8,13-17,19-22H2,1-2H3,(H,40,46). The zero-order chi connectivity index (χ0) is 34.0. The van der Waals surface area contributed by atoms with Crippen molar-refractivity contribution in [3.05, 3.63) is 77.8 Å². The van der Waals surface area contributed by atoms with Crippen molar-refractivity contribution >= 4 is 12.0 Å². The van der Waals surface area contributed by atoms with Crippen LogP contribution in [-0.4, -0.2) is 83.2 Å². The Labute approximate surface area is 280 Å². The van der Waals surface area contributed by atoms with Crippen LogP contribution in [0.5, 0.6) is 0 Å². The molecule has 5 rings (SSSR count).